The van der Waals surface area contributed by atoms with Gasteiger partial charge in [-0.3, -0.25) is 0 Å². The van der Waals surface area contributed by atoms with Crippen molar-refractivity contribution in [2.75, 3.05) is 0 Å². The monoisotopic (exact) mass is 206 g/mol. The molecule has 0 aliphatic carbocycles. The molecule has 0 fully saturated rings. The maximum absolute atomic E-state index is 6.11. The van der Waals surface area contributed by atoms with Crippen LogP contribution in [0.3, 0.4) is 0 Å². The van der Waals surface area contributed by atoms with Crippen molar-refractivity contribution < 1.29 is 0 Å². The fraction of sp³-hybridized carbons (Fsp3) is 0.231. The van der Waals surface area contributed by atoms with E-state index in [-0.39, 0.29) is 0 Å². The summed E-state index contributed by atoms with van der Waals surface area (Å²) < 4.78 is 0. The molecule has 0 bridgehead atoms. The molecule has 0 radical (unpaired) electrons. The van der Waals surface area contributed by atoms with Gasteiger partial charge in [-0.05, 0) is 36.5 Å². The number of aryl methyl sites for hydroxylation is 1. The van der Waals surface area contributed by atoms with Crippen LogP contribution in [0.4, 0.5) is 0 Å². The third kappa shape index (κ3) is 2.74. The number of hydrogen-bond acceptors (Lipinski definition) is 0. The molecule has 0 heterocycles. The zero-order chi connectivity index (χ0) is 10.4. The van der Waals surface area contributed by atoms with Crippen molar-refractivity contribution in [2.24, 2.45) is 0 Å². The van der Waals surface area contributed by atoms with Gasteiger partial charge in [0, 0.05) is 5.02 Å². The van der Waals surface area contributed by atoms with Crippen LogP contribution >= 0.6 is 11.6 Å². The molecule has 0 N–H and O–H groups in total. The predicted molar refractivity (Wildman–Crippen MR) is 63.9 cm³/mol. The molecule has 0 amide bonds. The van der Waals surface area contributed by atoms with E-state index in [4.69, 9.17) is 11.6 Å². The number of hydrogen-bond donors (Lipinski definition) is 0. The highest BCUT2D eigenvalue weighted by Crippen LogP contribution is 2.22. The quantitative estimate of drug-likeness (QED) is 0.634. The van der Waals surface area contributed by atoms with Crippen molar-refractivity contribution >= 4 is 11.6 Å². The van der Waals surface area contributed by atoms with Gasteiger partial charge in [0.15, 0.2) is 0 Å². The average Bonchev–Trinajstić information content (AvgIpc) is 2.19. The van der Waals surface area contributed by atoms with Gasteiger partial charge in [-0.1, -0.05) is 35.9 Å². The lowest BCUT2D eigenvalue weighted by Gasteiger charge is -2.08. The molecule has 0 atom stereocenters. The Labute approximate surface area is 90.9 Å². The molecule has 1 heteroatoms. The van der Waals surface area contributed by atoms with E-state index in [1.165, 1.54) is 11.1 Å². The topological polar surface area (TPSA) is 0 Å². The summed E-state index contributed by atoms with van der Waals surface area (Å²) in [6.45, 7) is 7.46. The van der Waals surface area contributed by atoms with E-state index in [1.54, 1.807) is 0 Å². The minimum absolute atomic E-state index is 0.839. The van der Waals surface area contributed by atoms with E-state index < -0.39 is 0 Å². The van der Waals surface area contributed by atoms with Crippen LogP contribution in [0.5, 0.6) is 0 Å². The van der Waals surface area contributed by atoms with Crippen molar-refractivity contribution in [1.29, 1.82) is 0 Å². The van der Waals surface area contributed by atoms with Crippen molar-refractivity contribution in [1.82, 2.24) is 0 Å². The minimum atomic E-state index is 0.839. The van der Waals surface area contributed by atoms with Crippen LogP contribution in [0, 0.1) is 0 Å². The van der Waals surface area contributed by atoms with Crippen LogP contribution < -0.4 is 0 Å². The molecule has 1 aromatic carbocycles. The molecule has 74 valence electrons. The number of allylic oxidation sites excluding steroid dienone is 2. The van der Waals surface area contributed by atoms with E-state index in [0.717, 1.165) is 24.3 Å². The first-order valence-electron chi connectivity index (χ1n) is 4.77. The van der Waals surface area contributed by atoms with Gasteiger partial charge in [0.05, 0.1) is 0 Å². The molecule has 1 rings (SSSR count). The van der Waals surface area contributed by atoms with E-state index in [2.05, 4.69) is 19.2 Å². The van der Waals surface area contributed by atoms with Crippen LogP contribution in [-0.2, 0) is 12.8 Å². The molecule has 1 aromatic rings. The fourth-order valence-corrected chi connectivity index (χ4v) is 1.74. The SMILES string of the molecule is C=CCCc1cccc(Cl)c1CC=C. The Bertz CT molecular complexity index is 326. The van der Waals surface area contributed by atoms with Crippen molar-refractivity contribution in [3.63, 3.8) is 0 Å². The van der Waals surface area contributed by atoms with Gasteiger partial charge in [-0.15, -0.1) is 13.2 Å². The van der Waals surface area contributed by atoms with Gasteiger partial charge in [-0.25, -0.2) is 0 Å². The number of halogens is 1. The summed E-state index contributed by atoms with van der Waals surface area (Å²) in [5, 5.41) is 0.839. The van der Waals surface area contributed by atoms with E-state index in [0.29, 0.717) is 0 Å². The molecule has 0 aliphatic heterocycles. The lowest BCUT2D eigenvalue weighted by atomic mass is 10.0. The van der Waals surface area contributed by atoms with Crippen LogP contribution in [0.15, 0.2) is 43.5 Å². The Morgan fingerprint density at radius 1 is 1.21 bits per heavy atom. The summed E-state index contributed by atoms with van der Waals surface area (Å²) in [6, 6.07) is 6.04. The summed E-state index contributed by atoms with van der Waals surface area (Å²) in [4.78, 5) is 0. The molecule has 0 aliphatic rings. The molecule has 0 saturated carbocycles. The number of benzene rings is 1. The summed E-state index contributed by atoms with van der Waals surface area (Å²) in [6.07, 6.45) is 6.65. The Hall–Kier alpha value is -1.01. The average molecular weight is 207 g/mol. The standard InChI is InChI=1S/C13H15Cl/c1-3-5-8-11-9-6-10-13(14)12(11)7-4-2/h3-4,6,9-10H,1-2,5,7-8H2. The van der Waals surface area contributed by atoms with E-state index >= 15 is 0 Å². The van der Waals surface area contributed by atoms with Crippen LogP contribution in [-0.4, -0.2) is 0 Å². The molecule has 0 saturated heterocycles. The summed E-state index contributed by atoms with van der Waals surface area (Å²) in [7, 11) is 0. The number of rotatable bonds is 5. The van der Waals surface area contributed by atoms with Gasteiger partial charge in [0.2, 0.25) is 0 Å². The van der Waals surface area contributed by atoms with Crippen LogP contribution in [0.2, 0.25) is 5.02 Å². The fourth-order valence-electron chi connectivity index (χ4n) is 1.47. The lowest BCUT2D eigenvalue weighted by Crippen LogP contribution is -1.93. The highest BCUT2D eigenvalue weighted by molar-refractivity contribution is 6.31. The first kappa shape index (κ1) is 11.1. The zero-order valence-corrected chi connectivity index (χ0v) is 9.06. The first-order chi connectivity index (χ1) is 6.79. The Morgan fingerprint density at radius 3 is 2.64 bits per heavy atom. The Kier molecular flexibility index (Phi) is 4.48. The van der Waals surface area contributed by atoms with Crippen LogP contribution in [0.1, 0.15) is 17.5 Å². The third-order valence-corrected chi connectivity index (χ3v) is 2.54. The van der Waals surface area contributed by atoms with Gasteiger partial charge in [-0.2, -0.15) is 0 Å². The highest BCUT2D eigenvalue weighted by atomic mass is 35.5. The molecule has 14 heavy (non-hydrogen) atoms. The molecule has 0 nitrogen and oxygen atoms in total. The predicted octanol–water partition coefficient (Wildman–Crippen LogP) is 4.19. The second kappa shape index (κ2) is 5.66. The van der Waals surface area contributed by atoms with Crippen LogP contribution in [0.25, 0.3) is 0 Å². The maximum atomic E-state index is 6.11. The molecular weight excluding hydrogens is 192 g/mol. The van der Waals surface area contributed by atoms with E-state index in [1.807, 2.05) is 24.3 Å². The molecule has 0 aromatic heterocycles. The van der Waals surface area contributed by atoms with E-state index in [9.17, 15) is 0 Å². The second-order valence-corrected chi connectivity index (χ2v) is 3.60. The molecular formula is C13H15Cl. The molecule has 0 spiro atoms. The Balaban J connectivity index is 2.94. The molecule has 0 unspecified atom stereocenters. The van der Waals surface area contributed by atoms with Gasteiger partial charge >= 0.3 is 0 Å². The summed E-state index contributed by atoms with van der Waals surface area (Å²) in [5.41, 5.74) is 2.50. The van der Waals surface area contributed by atoms with Gasteiger partial charge in [0.25, 0.3) is 0 Å². The third-order valence-electron chi connectivity index (χ3n) is 2.18. The van der Waals surface area contributed by atoms with Gasteiger partial charge in [0.1, 0.15) is 0 Å². The van der Waals surface area contributed by atoms with Gasteiger partial charge < -0.3 is 0 Å². The zero-order valence-electron chi connectivity index (χ0n) is 8.30. The Morgan fingerprint density at radius 2 is 2.00 bits per heavy atom. The van der Waals surface area contributed by atoms with Crippen molar-refractivity contribution in [2.45, 2.75) is 19.3 Å². The maximum Gasteiger partial charge on any atom is 0.0443 e. The largest absolute Gasteiger partial charge is 0.103 e. The van der Waals surface area contributed by atoms with Crippen molar-refractivity contribution in [3.05, 3.63) is 59.7 Å². The highest BCUT2D eigenvalue weighted by Gasteiger charge is 2.03. The summed E-state index contributed by atoms with van der Waals surface area (Å²) in [5.74, 6) is 0. The normalized spacial score (nSPS) is 9.79. The summed E-state index contributed by atoms with van der Waals surface area (Å²) >= 11 is 6.11. The lowest BCUT2D eigenvalue weighted by molar-refractivity contribution is 0.978. The minimum Gasteiger partial charge on any atom is -0.103 e. The second-order valence-electron chi connectivity index (χ2n) is 3.20. The first-order valence-corrected chi connectivity index (χ1v) is 5.15. The smallest absolute Gasteiger partial charge is 0.0443 e. The van der Waals surface area contributed by atoms with Crippen molar-refractivity contribution in [3.8, 4) is 0 Å².